The van der Waals surface area contributed by atoms with E-state index in [0.717, 1.165) is 18.9 Å². The number of carbonyl (C=O) groups is 3. The van der Waals surface area contributed by atoms with Gasteiger partial charge in [-0.1, -0.05) is 41.9 Å². The molecule has 1 saturated heterocycles. The number of halogens is 2. The molecule has 2 atom stereocenters. The summed E-state index contributed by atoms with van der Waals surface area (Å²) in [6.07, 6.45) is 0.654. The molecule has 156 valence electrons. The average molecular weight is 431 g/mol. The van der Waals surface area contributed by atoms with Gasteiger partial charge in [-0.15, -0.1) is 0 Å². The molecule has 2 unspecified atom stereocenters. The van der Waals surface area contributed by atoms with Crippen molar-refractivity contribution in [2.24, 2.45) is 5.92 Å². The molecule has 6 nitrogen and oxygen atoms in total. The third-order valence-electron chi connectivity index (χ3n) is 5.17. The number of rotatable bonds is 6. The first-order valence-corrected chi connectivity index (χ1v) is 10.1. The van der Waals surface area contributed by atoms with E-state index in [4.69, 9.17) is 16.3 Å². The van der Waals surface area contributed by atoms with Crippen LogP contribution in [0.4, 0.5) is 10.1 Å². The van der Waals surface area contributed by atoms with Crippen LogP contribution in [0.3, 0.4) is 0 Å². The molecule has 2 amide bonds. The summed E-state index contributed by atoms with van der Waals surface area (Å²) in [5.74, 6) is -2.74. The van der Waals surface area contributed by atoms with Crippen molar-refractivity contribution in [2.75, 3.05) is 11.4 Å². The summed E-state index contributed by atoms with van der Waals surface area (Å²) in [4.78, 5) is 39.2. The lowest BCUT2D eigenvalue weighted by Crippen LogP contribution is -2.35. The molecule has 0 bridgehead atoms. The Hall–Kier alpha value is -2.93. The number of anilines is 1. The number of hydrogen-bond donors (Lipinski definition) is 1. The highest BCUT2D eigenvalue weighted by atomic mass is 35.5. The first-order chi connectivity index (χ1) is 14.4. The number of amides is 2. The average Bonchev–Trinajstić information content (AvgIpc) is 3.47. The molecule has 2 aromatic rings. The minimum absolute atomic E-state index is 0.0461. The van der Waals surface area contributed by atoms with Crippen molar-refractivity contribution < 1.29 is 23.5 Å². The van der Waals surface area contributed by atoms with E-state index in [0.29, 0.717) is 11.3 Å². The molecule has 8 heteroatoms. The van der Waals surface area contributed by atoms with Crippen molar-refractivity contribution in [2.45, 2.75) is 31.4 Å². The summed E-state index contributed by atoms with van der Waals surface area (Å²) >= 11 is 5.70. The van der Waals surface area contributed by atoms with E-state index in [1.54, 1.807) is 30.3 Å². The Labute approximate surface area is 178 Å². The zero-order valence-corrected chi connectivity index (χ0v) is 16.8. The molecule has 1 aliphatic heterocycles. The van der Waals surface area contributed by atoms with Crippen LogP contribution >= 0.6 is 11.6 Å². The topological polar surface area (TPSA) is 75.7 Å². The molecular weight excluding hydrogens is 411 g/mol. The van der Waals surface area contributed by atoms with Crippen LogP contribution in [0.25, 0.3) is 0 Å². The SMILES string of the molecule is O=C(OC(C(=O)NC1CC1)c1ccccc1)C1CC(=O)N(c2ccc(Cl)c(F)c2)C1. The second kappa shape index (κ2) is 8.44. The highest BCUT2D eigenvalue weighted by Crippen LogP contribution is 2.30. The van der Waals surface area contributed by atoms with E-state index in [-0.39, 0.29) is 35.8 Å². The quantitative estimate of drug-likeness (QED) is 0.713. The van der Waals surface area contributed by atoms with E-state index in [1.165, 1.54) is 17.0 Å². The smallest absolute Gasteiger partial charge is 0.312 e. The Morgan fingerprint density at radius 3 is 2.57 bits per heavy atom. The molecule has 2 aromatic carbocycles. The van der Waals surface area contributed by atoms with Gasteiger partial charge in [0.1, 0.15) is 5.82 Å². The van der Waals surface area contributed by atoms with Crippen molar-refractivity contribution in [3.63, 3.8) is 0 Å². The molecule has 1 aliphatic carbocycles. The van der Waals surface area contributed by atoms with Crippen LogP contribution in [0, 0.1) is 11.7 Å². The van der Waals surface area contributed by atoms with Crippen molar-refractivity contribution >= 4 is 35.1 Å². The third kappa shape index (κ3) is 4.46. The first kappa shape index (κ1) is 20.3. The second-order valence-corrected chi connectivity index (χ2v) is 7.92. The highest BCUT2D eigenvalue weighted by Gasteiger charge is 2.39. The summed E-state index contributed by atoms with van der Waals surface area (Å²) in [6, 6.07) is 12.9. The lowest BCUT2D eigenvalue weighted by atomic mass is 10.1. The summed E-state index contributed by atoms with van der Waals surface area (Å²) in [5.41, 5.74) is 0.883. The van der Waals surface area contributed by atoms with Crippen LogP contribution in [-0.4, -0.2) is 30.4 Å². The molecular formula is C22H20ClFN2O4. The van der Waals surface area contributed by atoms with Crippen molar-refractivity contribution in [3.05, 3.63) is 64.9 Å². The number of ether oxygens (including phenoxy) is 1. The fourth-order valence-corrected chi connectivity index (χ4v) is 3.50. The van der Waals surface area contributed by atoms with Gasteiger partial charge in [0.05, 0.1) is 10.9 Å². The maximum Gasteiger partial charge on any atom is 0.312 e. The molecule has 2 fully saturated rings. The van der Waals surface area contributed by atoms with Gasteiger partial charge in [0, 0.05) is 30.3 Å². The number of carbonyl (C=O) groups excluding carboxylic acids is 3. The van der Waals surface area contributed by atoms with Gasteiger partial charge in [-0.2, -0.15) is 0 Å². The summed E-state index contributed by atoms with van der Waals surface area (Å²) in [7, 11) is 0. The van der Waals surface area contributed by atoms with Gasteiger partial charge in [0.25, 0.3) is 5.91 Å². The van der Waals surface area contributed by atoms with Crippen LogP contribution < -0.4 is 10.2 Å². The monoisotopic (exact) mass is 430 g/mol. The highest BCUT2D eigenvalue weighted by molar-refractivity contribution is 6.30. The third-order valence-corrected chi connectivity index (χ3v) is 5.48. The van der Waals surface area contributed by atoms with Gasteiger partial charge < -0.3 is 15.0 Å². The van der Waals surface area contributed by atoms with Crippen LogP contribution in [0.5, 0.6) is 0 Å². The molecule has 1 N–H and O–H groups in total. The first-order valence-electron chi connectivity index (χ1n) is 9.73. The number of hydrogen-bond acceptors (Lipinski definition) is 4. The minimum Gasteiger partial charge on any atom is -0.447 e. The number of nitrogens with one attached hydrogen (secondary N) is 1. The van der Waals surface area contributed by atoms with Crippen molar-refractivity contribution in [1.29, 1.82) is 0 Å². The number of nitrogens with zero attached hydrogens (tertiary/aromatic N) is 1. The Bertz CT molecular complexity index is 980. The van der Waals surface area contributed by atoms with Crippen LogP contribution in [0.2, 0.25) is 5.02 Å². The van der Waals surface area contributed by atoms with E-state index in [2.05, 4.69) is 5.32 Å². The van der Waals surface area contributed by atoms with Gasteiger partial charge in [0.15, 0.2) is 0 Å². The molecule has 30 heavy (non-hydrogen) atoms. The predicted molar refractivity (Wildman–Crippen MR) is 108 cm³/mol. The number of benzene rings is 2. The Balaban J connectivity index is 1.47. The van der Waals surface area contributed by atoms with Gasteiger partial charge in [-0.05, 0) is 31.0 Å². The normalized spacial score (nSPS) is 19.5. The van der Waals surface area contributed by atoms with E-state index in [9.17, 15) is 18.8 Å². The molecule has 0 radical (unpaired) electrons. The van der Waals surface area contributed by atoms with E-state index in [1.807, 2.05) is 0 Å². The van der Waals surface area contributed by atoms with Crippen molar-refractivity contribution in [1.82, 2.24) is 5.32 Å². The fourth-order valence-electron chi connectivity index (χ4n) is 3.39. The lowest BCUT2D eigenvalue weighted by molar-refractivity contribution is -0.160. The Kier molecular flexibility index (Phi) is 5.72. The molecule has 2 aliphatic rings. The van der Waals surface area contributed by atoms with Gasteiger partial charge in [0.2, 0.25) is 12.0 Å². The maximum absolute atomic E-state index is 13.8. The van der Waals surface area contributed by atoms with Crippen LogP contribution in [0.15, 0.2) is 48.5 Å². The number of esters is 1. The van der Waals surface area contributed by atoms with Gasteiger partial charge in [-0.3, -0.25) is 14.4 Å². The minimum atomic E-state index is -1.09. The van der Waals surface area contributed by atoms with Gasteiger partial charge in [-0.25, -0.2) is 4.39 Å². The second-order valence-electron chi connectivity index (χ2n) is 7.51. The van der Waals surface area contributed by atoms with Gasteiger partial charge >= 0.3 is 5.97 Å². The maximum atomic E-state index is 13.8. The summed E-state index contributed by atoms with van der Waals surface area (Å²) in [5, 5.41) is 2.81. The molecule has 0 aromatic heterocycles. The zero-order chi connectivity index (χ0) is 21.3. The Morgan fingerprint density at radius 1 is 1.17 bits per heavy atom. The summed E-state index contributed by atoms with van der Waals surface area (Å²) in [6.45, 7) is 0.0461. The predicted octanol–water partition coefficient (Wildman–Crippen LogP) is 3.40. The van der Waals surface area contributed by atoms with Crippen LogP contribution in [-0.2, 0) is 19.1 Å². The van der Waals surface area contributed by atoms with Crippen molar-refractivity contribution in [3.8, 4) is 0 Å². The van der Waals surface area contributed by atoms with E-state index >= 15 is 0 Å². The summed E-state index contributed by atoms with van der Waals surface area (Å²) < 4.78 is 19.3. The molecule has 4 rings (SSSR count). The molecule has 1 saturated carbocycles. The van der Waals surface area contributed by atoms with E-state index < -0.39 is 23.8 Å². The van der Waals surface area contributed by atoms with Crippen LogP contribution in [0.1, 0.15) is 30.9 Å². The fraction of sp³-hybridized carbons (Fsp3) is 0.318. The zero-order valence-electron chi connectivity index (χ0n) is 16.0. The Morgan fingerprint density at radius 2 is 1.90 bits per heavy atom. The standard InChI is InChI=1S/C22H20ClFN2O4/c23-17-9-8-16(11-18(17)24)26-12-14(10-19(26)27)22(29)30-20(13-4-2-1-3-5-13)21(28)25-15-6-7-15/h1-5,8-9,11,14-15,20H,6-7,10,12H2,(H,25,28). The lowest BCUT2D eigenvalue weighted by Gasteiger charge is -2.20. The molecule has 0 spiro atoms. The molecule has 1 heterocycles. The largest absolute Gasteiger partial charge is 0.447 e.